The van der Waals surface area contributed by atoms with Crippen LogP contribution in [0, 0.1) is 11.3 Å². The number of rotatable bonds is 3. The summed E-state index contributed by atoms with van der Waals surface area (Å²) in [5.74, 6) is 0. The molecule has 0 unspecified atom stereocenters. The Labute approximate surface area is 116 Å². The maximum Gasteiger partial charge on any atom is 0.245 e. The molecule has 0 aliphatic heterocycles. The zero-order valence-corrected chi connectivity index (χ0v) is 10.8. The first-order valence-electron chi connectivity index (χ1n) is 5.68. The number of carbonyl (C=O) groups excluding carboxylic acids is 1. The molecule has 0 saturated carbocycles. The molecule has 2 aromatic carbocycles. The third kappa shape index (κ3) is 3.09. The van der Waals surface area contributed by atoms with Crippen LogP contribution < -0.4 is 0 Å². The van der Waals surface area contributed by atoms with Gasteiger partial charge in [0.25, 0.3) is 0 Å². The largest absolute Gasteiger partial charge is 0.276 e. The van der Waals surface area contributed by atoms with Gasteiger partial charge in [0.2, 0.25) is 5.24 Å². The highest BCUT2D eigenvalue weighted by molar-refractivity contribution is 6.66. The van der Waals surface area contributed by atoms with E-state index in [1.165, 1.54) is 6.08 Å². The summed E-state index contributed by atoms with van der Waals surface area (Å²) in [5, 5.41) is 8.76. The molecule has 0 heterocycles. The molecule has 19 heavy (non-hydrogen) atoms. The summed E-state index contributed by atoms with van der Waals surface area (Å²) < 4.78 is 0. The first kappa shape index (κ1) is 13.1. The maximum absolute atomic E-state index is 10.8. The van der Waals surface area contributed by atoms with Crippen LogP contribution in [0.3, 0.4) is 0 Å². The number of hydrogen-bond acceptors (Lipinski definition) is 2. The lowest BCUT2D eigenvalue weighted by Gasteiger charge is -2.06. The lowest BCUT2D eigenvalue weighted by atomic mass is 9.96. The number of nitriles is 1. The molecule has 2 aromatic rings. The molecule has 92 valence electrons. The van der Waals surface area contributed by atoms with Gasteiger partial charge in [0.05, 0.1) is 5.56 Å². The quantitative estimate of drug-likeness (QED) is 0.623. The summed E-state index contributed by atoms with van der Waals surface area (Å²) in [4.78, 5) is 10.8. The Kier molecular flexibility index (Phi) is 4.12. The highest BCUT2D eigenvalue weighted by Gasteiger charge is 2.07. The normalized spacial score (nSPS) is 10.3. The van der Waals surface area contributed by atoms with Crippen molar-refractivity contribution < 1.29 is 4.79 Å². The van der Waals surface area contributed by atoms with E-state index in [2.05, 4.69) is 6.07 Å². The van der Waals surface area contributed by atoms with Crippen LogP contribution in [0.15, 0.2) is 54.6 Å². The number of nitrogens with zero attached hydrogens (tertiary/aromatic N) is 1. The highest BCUT2D eigenvalue weighted by atomic mass is 35.5. The minimum Gasteiger partial charge on any atom is -0.276 e. The average Bonchev–Trinajstić information content (AvgIpc) is 2.45. The van der Waals surface area contributed by atoms with E-state index >= 15 is 0 Å². The topological polar surface area (TPSA) is 40.9 Å². The minimum absolute atomic E-state index is 0.530. The van der Waals surface area contributed by atoms with Crippen molar-refractivity contribution in [3.63, 3.8) is 0 Å². The van der Waals surface area contributed by atoms with Crippen molar-refractivity contribution >= 4 is 22.9 Å². The summed E-state index contributed by atoms with van der Waals surface area (Å²) in [6, 6.07) is 17.3. The fraction of sp³-hybridized carbons (Fsp3) is 0. The summed E-state index contributed by atoms with van der Waals surface area (Å²) in [5.41, 5.74) is 3.01. The minimum atomic E-state index is -0.561. The fourth-order valence-electron chi connectivity index (χ4n) is 1.85. The zero-order chi connectivity index (χ0) is 13.7. The van der Waals surface area contributed by atoms with Crippen molar-refractivity contribution in [2.45, 2.75) is 0 Å². The zero-order valence-electron chi connectivity index (χ0n) is 10.0. The van der Waals surface area contributed by atoms with Gasteiger partial charge in [-0.1, -0.05) is 48.5 Å². The average molecular weight is 268 g/mol. The predicted octanol–water partition coefficient (Wildman–Crippen LogP) is 4.00. The summed E-state index contributed by atoms with van der Waals surface area (Å²) in [6.45, 7) is 0. The van der Waals surface area contributed by atoms with Gasteiger partial charge in [0.1, 0.15) is 6.07 Å². The molecule has 0 aliphatic rings. The molecule has 3 heteroatoms. The summed E-state index contributed by atoms with van der Waals surface area (Å²) >= 11 is 5.27. The van der Waals surface area contributed by atoms with Crippen molar-refractivity contribution in [2.75, 3.05) is 0 Å². The van der Waals surface area contributed by atoms with Crippen LogP contribution in [0.4, 0.5) is 0 Å². The van der Waals surface area contributed by atoms with Crippen LogP contribution in [-0.2, 0) is 4.79 Å². The Morgan fingerprint density at radius 3 is 2.47 bits per heavy atom. The molecule has 2 rings (SSSR count). The van der Waals surface area contributed by atoms with Gasteiger partial charge < -0.3 is 0 Å². The van der Waals surface area contributed by atoms with E-state index in [1.807, 2.05) is 42.5 Å². The maximum atomic E-state index is 10.8. The van der Waals surface area contributed by atoms with Crippen molar-refractivity contribution in [3.05, 3.63) is 65.7 Å². The second kappa shape index (κ2) is 5.99. The number of halogens is 1. The van der Waals surface area contributed by atoms with E-state index in [-0.39, 0.29) is 0 Å². The van der Waals surface area contributed by atoms with Crippen molar-refractivity contribution in [3.8, 4) is 17.2 Å². The van der Waals surface area contributed by atoms with E-state index in [4.69, 9.17) is 11.6 Å². The molecule has 2 nitrogen and oxygen atoms in total. The van der Waals surface area contributed by atoms with Crippen LogP contribution in [0.25, 0.3) is 17.2 Å². The Morgan fingerprint density at radius 2 is 1.84 bits per heavy atom. The first-order chi connectivity index (χ1) is 9.22. The van der Waals surface area contributed by atoms with E-state index < -0.39 is 5.24 Å². The molecule has 0 atom stereocenters. The van der Waals surface area contributed by atoms with Crippen LogP contribution >= 0.6 is 11.6 Å². The van der Waals surface area contributed by atoms with E-state index in [1.54, 1.807) is 12.1 Å². The molecular formula is C16H10ClNO. The third-order valence-corrected chi connectivity index (χ3v) is 2.81. The number of benzene rings is 2. The van der Waals surface area contributed by atoms with Gasteiger partial charge in [-0.2, -0.15) is 5.26 Å². The van der Waals surface area contributed by atoms with Gasteiger partial charge in [-0.25, -0.2) is 0 Å². The number of hydrogen-bond donors (Lipinski definition) is 0. The second-order valence-corrected chi connectivity index (χ2v) is 4.26. The highest BCUT2D eigenvalue weighted by Crippen LogP contribution is 2.26. The first-order valence-corrected chi connectivity index (χ1v) is 6.06. The molecule has 0 aromatic heterocycles. The monoisotopic (exact) mass is 267 g/mol. The molecule has 0 spiro atoms. The van der Waals surface area contributed by atoms with Crippen LogP contribution in [0.1, 0.15) is 11.1 Å². The van der Waals surface area contributed by atoms with Gasteiger partial charge >= 0.3 is 0 Å². The van der Waals surface area contributed by atoms with Crippen molar-refractivity contribution in [2.24, 2.45) is 0 Å². The molecule has 0 radical (unpaired) electrons. The van der Waals surface area contributed by atoms with Gasteiger partial charge in [-0.3, -0.25) is 4.79 Å². The Hall–Kier alpha value is -2.37. The van der Waals surface area contributed by atoms with E-state index in [0.717, 1.165) is 11.1 Å². The lowest BCUT2D eigenvalue weighted by Crippen LogP contribution is -1.89. The van der Waals surface area contributed by atoms with Gasteiger partial charge in [-0.05, 0) is 34.9 Å². The molecule has 0 fully saturated rings. The molecular weight excluding hydrogens is 258 g/mol. The van der Waals surface area contributed by atoms with E-state index in [0.29, 0.717) is 11.1 Å². The molecule has 0 amide bonds. The fourth-order valence-corrected chi connectivity index (χ4v) is 1.91. The molecule has 0 N–H and O–H groups in total. The van der Waals surface area contributed by atoms with Crippen molar-refractivity contribution in [1.82, 2.24) is 0 Å². The Balaban J connectivity index is 2.56. The standard InChI is InChI=1S/C16H10ClNO/c17-16(19)10-9-13-7-4-8-14(15(13)11-18)12-5-2-1-3-6-12/h1-10H/b10-9+. The Bertz CT molecular complexity index is 669. The SMILES string of the molecule is N#Cc1c(/C=C/C(=O)Cl)cccc1-c1ccccc1. The van der Waals surface area contributed by atoms with Gasteiger partial charge in [0, 0.05) is 5.56 Å². The smallest absolute Gasteiger partial charge is 0.245 e. The lowest BCUT2D eigenvalue weighted by molar-refractivity contribution is -0.107. The number of allylic oxidation sites excluding steroid dienone is 1. The number of carbonyl (C=O) groups is 1. The van der Waals surface area contributed by atoms with Crippen LogP contribution in [0.2, 0.25) is 0 Å². The summed E-state index contributed by atoms with van der Waals surface area (Å²) in [7, 11) is 0. The third-order valence-electron chi connectivity index (χ3n) is 2.69. The molecule has 0 saturated heterocycles. The van der Waals surface area contributed by atoms with Crippen LogP contribution in [-0.4, -0.2) is 5.24 Å². The molecule has 0 bridgehead atoms. The molecule has 0 aliphatic carbocycles. The Morgan fingerprint density at radius 1 is 1.11 bits per heavy atom. The summed E-state index contributed by atoms with van der Waals surface area (Å²) in [6.07, 6.45) is 2.80. The van der Waals surface area contributed by atoms with Gasteiger partial charge in [-0.15, -0.1) is 0 Å². The van der Waals surface area contributed by atoms with Crippen molar-refractivity contribution in [1.29, 1.82) is 5.26 Å². The van der Waals surface area contributed by atoms with E-state index in [9.17, 15) is 10.1 Å². The second-order valence-electron chi connectivity index (χ2n) is 3.89. The predicted molar refractivity (Wildman–Crippen MR) is 76.5 cm³/mol. The van der Waals surface area contributed by atoms with Gasteiger partial charge in [0.15, 0.2) is 0 Å². The van der Waals surface area contributed by atoms with Crippen LogP contribution in [0.5, 0.6) is 0 Å².